The molecule has 2 nitrogen and oxygen atoms in total. The van der Waals surface area contributed by atoms with E-state index >= 15 is 0 Å². The molecule has 0 aromatic carbocycles. The zero-order chi connectivity index (χ0) is 7.97. The second kappa shape index (κ2) is 1.48. The molecule has 66 valence electrons. The minimum atomic E-state index is 0.355. The molecule has 2 spiro atoms. The van der Waals surface area contributed by atoms with Crippen LogP contribution in [0.5, 0.6) is 0 Å². The van der Waals surface area contributed by atoms with Gasteiger partial charge in [-0.15, -0.1) is 0 Å². The molecule has 1 aliphatic heterocycles. The van der Waals surface area contributed by atoms with E-state index in [-0.39, 0.29) is 0 Å². The van der Waals surface area contributed by atoms with Crippen LogP contribution in [0.25, 0.3) is 0 Å². The third kappa shape index (κ3) is 0.428. The van der Waals surface area contributed by atoms with Crippen LogP contribution in [0, 0.1) is 11.3 Å². The molecule has 2 heteroatoms. The average molecular weight is 165 g/mol. The molecular formula is C10H15NO. The summed E-state index contributed by atoms with van der Waals surface area (Å²) in [4.78, 5) is 6.00. The number of hydrogen-bond donors (Lipinski definition) is 0. The van der Waals surface area contributed by atoms with E-state index in [1.807, 2.05) is 0 Å². The lowest BCUT2D eigenvalue weighted by Crippen LogP contribution is -2.28. The summed E-state index contributed by atoms with van der Waals surface area (Å²) >= 11 is 0. The minimum Gasteiger partial charge on any atom is -0.292 e. The fraction of sp³-hybridized carbons (Fsp3) is 1.00. The van der Waals surface area contributed by atoms with Crippen molar-refractivity contribution in [1.82, 2.24) is 5.06 Å². The van der Waals surface area contributed by atoms with E-state index in [1.54, 1.807) is 0 Å². The van der Waals surface area contributed by atoms with Crippen molar-refractivity contribution in [2.75, 3.05) is 7.05 Å². The van der Waals surface area contributed by atoms with E-state index in [0.717, 1.165) is 12.0 Å². The van der Waals surface area contributed by atoms with Crippen LogP contribution in [0.1, 0.15) is 32.1 Å². The lowest BCUT2D eigenvalue weighted by Gasteiger charge is -2.17. The van der Waals surface area contributed by atoms with E-state index in [1.165, 1.54) is 32.1 Å². The average Bonchev–Trinajstić information content (AvgIpc) is 2.90. The molecule has 0 aromatic heterocycles. The first-order valence-corrected chi connectivity index (χ1v) is 5.20. The van der Waals surface area contributed by atoms with Crippen molar-refractivity contribution < 1.29 is 4.84 Å². The fourth-order valence-electron chi connectivity index (χ4n) is 4.20. The minimum absolute atomic E-state index is 0.355. The molecule has 0 unspecified atom stereocenters. The van der Waals surface area contributed by atoms with Crippen molar-refractivity contribution >= 4 is 0 Å². The van der Waals surface area contributed by atoms with Gasteiger partial charge in [-0.2, -0.15) is 5.06 Å². The number of rotatable bonds is 0. The summed E-state index contributed by atoms with van der Waals surface area (Å²) in [5.41, 5.74) is 1.01. The third-order valence-corrected chi connectivity index (χ3v) is 4.85. The molecule has 4 rings (SSSR count). The maximum Gasteiger partial charge on any atom is 0.0976 e. The molecule has 4 aliphatic rings. The van der Waals surface area contributed by atoms with Crippen molar-refractivity contribution in [3.05, 3.63) is 0 Å². The summed E-state index contributed by atoms with van der Waals surface area (Å²) in [5.74, 6) is 1.04. The van der Waals surface area contributed by atoms with E-state index in [2.05, 4.69) is 12.1 Å². The van der Waals surface area contributed by atoms with E-state index in [4.69, 9.17) is 4.84 Å². The smallest absolute Gasteiger partial charge is 0.0976 e. The highest BCUT2D eigenvalue weighted by Crippen LogP contribution is 2.79. The molecule has 0 N–H and O–H groups in total. The molecule has 3 saturated carbocycles. The van der Waals surface area contributed by atoms with Crippen LogP contribution in [0.4, 0.5) is 0 Å². The molecule has 4 fully saturated rings. The lowest BCUT2D eigenvalue weighted by molar-refractivity contribution is -0.157. The quantitative estimate of drug-likeness (QED) is 0.540. The Balaban J connectivity index is 1.85. The Morgan fingerprint density at radius 2 is 2.17 bits per heavy atom. The maximum atomic E-state index is 6.00. The molecule has 12 heavy (non-hydrogen) atoms. The van der Waals surface area contributed by atoms with Gasteiger partial charge in [-0.1, -0.05) is 0 Å². The highest BCUT2D eigenvalue weighted by Gasteiger charge is 2.81. The molecule has 3 atom stereocenters. The van der Waals surface area contributed by atoms with Crippen molar-refractivity contribution in [3.63, 3.8) is 0 Å². The van der Waals surface area contributed by atoms with E-state index < -0.39 is 0 Å². The van der Waals surface area contributed by atoms with Crippen molar-refractivity contribution in [1.29, 1.82) is 0 Å². The Morgan fingerprint density at radius 1 is 1.33 bits per heavy atom. The van der Waals surface area contributed by atoms with Gasteiger partial charge in [0.25, 0.3) is 0 Å². The Kier molecular flexibility index (Phi) is 0.789. The van der Waals surface area contributed by atoms with Crippen LogP contribution >= 0.6 is 0 Å². The van der Waals surface area contributed by atoms with Gasteiger partial charge in [0.15, 0.2) is 0 Å². The van der Waals surface area contributed by atoms with Crippen molar-refractivity contribution in [3.8, 4) is 0 Å². The van der Waals surface area contributed by atoms with Crippen LogP contribution in [0.2, 0.25) is 0 Å². The monoisotopic (exact) mass is 165 g/mol. The second-order valence-corrected chi connectivity index (χ2v) is 5.17. The summed E-state index contributed by atoms with van der Waals surface area (Å²) in [6, 6.07) is 0.782. The first-order valence-electron chi connectivity index (χ1n) is 5.20. The van der Waals surface area contributed by atoms with Gasteiger partial charge in [0.2, 0.25) is 0 Å². The lowest BCUT2D eigenvalue weighted by atomic mass is 9.90. The molecule has 0 bridgehead atoms. The standard InChI is InChI=1S/C10H15NO/c1-11-8-3-2-7-6-10(7,8)9(12-11)4-5-9/h7-8H,2-6H2,1H3/t7-,8+,10-/m1/s1. The first-order chi connectivity index (χ1) is 5.79. The third-order valence-electron chi connectivity index (χ3n) is 4.85. The van der Waals surface area contributed by atoms with Gasteiger partial charge in [-0.3, -0.25) is 4.84 Å². The second-order valence-electron chi connectivity index (χ2n) is 5.17. The van der Waals surface area contributed by atoms with Gasteiger partial charge in [0.05, 0.1) is 5.60 Å². The first kappa shape index (κ1) is 6.39. The van der Waals surface area contributed by atoms with Crippen LogP contribution in [-0.4, -0.2) is 23.8 Å². The van der Waals surface area contributed by atoms with Gasteiger partial charge >= 0.3 is 0 Å². The Labute approximate surface area is 72.8 Å². The molecule has 0 amide bonds. The Bertz CT molecular complexity index is 261. The Hall–Kier alpha value is -0.0800. The van der Waals surface area contributed by atoms with Gasteiger partial charge in [-0.05, 0) is 38.0 Å². The van der Waals surface area contributed by atoms with E-state index in [0.29, 0.717) is 11.0 Å². The number of hydrogen-bond acceptors (Lipinski definition) is 2. The number of hydroxylamine groups is 2. The molecule has 0 radical (unpaired) electrons. The highest BCUT2D eigenvalue weighted by molar-refractivity contribution is 5.30. The molecule has 1 heterocycles. The van der Waals surface area contributed by atoms with Gasteiger partial charge < -0.3 is 0 Å². The summed E-state index contributed by atoms with van der Waals surface area (Å²) in [7, 11) is 2.14. The van der Waals surface area contributed by atoms with Crippen molar-refractivity contribution in [2.24, 2.45) is 11.3 Å². The van der Waals surface area contributed by atoms with Gasteiger partial charge in [0.1, 0.15) is 0 Å². The van der Waals surface area contributed by atoms with Gasteiger partial charge in [0, 0.05) is 18.5 Å². The van der Waals surface area contributed by atoms with Crippen molar-refractivity contribution in [2.45, 2.75) is 43.7 Å². The molecule has 1 saturated heterocycles. The maximum absolute atomic E-state index is 6.00. The summed E-state index contributed by atoms with van der Waals surface area (Å²) < 4.78 is 0. The zero-order valence-electron chi connectivity index (χ0n) is 7.55. The van der Waals surface area contributed by atoms with Crippen LogP contribution < -0.4 is 0 Å². The predicted molar refractivity (Wildman–Crippen MR) is 44.4 cm³/mol. The van der Waals surface area contributed by atoms with Gasteiger partial charge in [-0.25, -0.2) is 0 Å². The summed E-state index contributed by atoms with van der Waals surface area (Å²) in [6.07, 6.45) is 7.01. The van der Waals surface area contributed by atoms with Crippen LogP contribution in [0.3, 0.4) is 0 Å². The highest BCUT2D eigenvalue weighted by atomic mass is 16.7. The normalized spacial score (nSPS) is 58.8. The van der Waals surface area contributed by atoms with Crippen LogP contribution in [0.15, 0.2) is 0 Å². The summed E-state index contributed by atoms with van der Waals surface area (Å²) in [5, 5.41) is 2.18. The van der Waals surface area contributed by atoms with Crippen LogP contribution in [-0.2, 0) is 4.84 Å². The predicted octanol–water partition coefficient (Wildman–Crippen LogP) is 1.56. The molecule has 0 aromatic rings. The zero-order valence-corrected chi connectivity index (χ0v) is 7.55. The van der Waals surface area contributed by atoms with E-state index in [9.17, 15) is 0 Å². The molecular weight excluding hydrogens is 150 g/mol. The largest absolute Gasteiger partial charge is 0.292 e. The molecule has 3 aliphatic carbocycles. The SMILES string of the molecule is CN1OC2(CC2)[C@]23C[C@H]2CC[C@H]13. The number of nitrogens with zero attached hydrogens (tertiary/aromatic N) is 1. The fourth-order valence-corrected chi connectivity index (χ4v) is 4.20. The summed E-state index contributed by atoms with van der Waals surface area (Å²) in [6.45, 7) is 0. The Morgan fingerprint density at radius 3 is 2.83 bits per heavy atom. The topological polar surface area (TPSA) is 12.5 Å².